The number of hydrogen-bond acceptors (Lipinski definition) is 3. The van der Waals surface area contributed by atoms with E-state index < -0.39 is 0 Å². The molecule has 0 fully saturated rings. The molecule has 3 aromatic rings. The van der Waals surface area contributed by atoms with Crippen LogP contribution in [0.5, 0.6) is 0 Å². The van der Waals surface area contributed by atoms with E-state index in [0.29, 0.717) is 6.42 Å². The van der Waals surface area contributed by atoms with Crippen LogP contribution in [0.15, 0.2) is 78.0 Å². The molecule has 0 amide bonds. The predicted octanol–water partition coefficient (Wildman–Crippen LogP) is 8.52. The summed E-state index contributed by atoms with van der Waals surface area (Å²) in [7, 11) is 0. The fourth-order valence-corrected chi connectivity index (χ4v) is 3.59. The summed E-state index contributed by atoms with van der Waals surface area (Å²) in [5.41, 5.74) is 3.88. The number of nitriles is 1. The first-order valence-corrected chi connectivity index (χ1v) is 11.5. The number of aromatic nitrogens is 1. The maximum atomic E-state index is 10.0. The van der Waals surface area contributed by atoms with Crippen LogP contribution >= 0.6 is 0 Å². The first-order valence-electron chi connectivity index (χ1n) is 11.5. The molecule has 32 heavy (non-hydrogen) atoms. The van der Waals surface area contributed by atoms with Crippen molar-refractivity contribution < 1.29 is 4.52 Å². The highest BCUT2D eigenvalue weighted by Crippen LogP contribution is 2.41. The molecule has 1 heterocycles. The molecule has 3 heteroatoms. The summed E-state index contributed by atoms with van der Waals surface area (Å²) in [6, 6.07) is 22.7. The molecule has 3 nitrogen and oxygen atoms in total. The molecule has 0 saturated heterocycles. The SMILES string of the molecule is C=C(CC(c1ccccc1)C(C#N)c1ccccc1)c1cnoc1C(C)(C)C.CC.CC. The van der Waals surface area contributed by atoms with E-state index in [-0.39, 0.29) is 17.3 Å². The third-order valence-corrected chi connectivity index (χ3v) is 5.03. The number of benzene rings is 2. The molecular formula is C29H38N2O. The Labute approximate surface area is 194 Å². The van der Waals surface area contributed by atoms with Crippen LogP contribution in [0.25, 0.3) is 5.57 Å². The number of hydrogen-bond donors (Lipinski definition) is 0. The van der Waals surface area contributed by atoms with Gasteiger partial charge < -0.3 is 4.52 Å². The largest absolute Gasteiger partial charge is 0.360 e. The Balaban J connectivity index is 0.00000121. The lowest BCUT2D eigenvalue weighted by Crippen LogP contribution is -2.14. The van der Waals surface area contributed by atoms with Gasteiger partial charge in [-0.2, -0.15) is 5.26 Å². The highest BCUT2D eigenvalue weighted by atomic mass is 16.5. The zero-order chi connectivity index (χ0) is 24.1. The fraction of sp³-hybridized carbons (Fsp3) is 0.379. The zero-order valence-electron chi connectivity index (χ0n) is 20.7. The van der Waals surface area contributed by atoms with Crippen molar-refractivity contribution in [2.24, 2.45) is 0 Å². The van der Waals surface area contributed by atoms with Gasteiger partial charge in [-0.25, -0.2) is 0 Å². The van der Waals surface area contributed by atoms with Gasteiger partial charge in [0.05, 0.1) is 18.2 Å². The minimum atomic E-state index is -0.265. The lowest BCUT2D eigenvalue weighted by molar-refractivity contribution is 0.328. The smallest absolute Gasteiger partial charge is 0.149 e. The van der Waals surface area contributed by atoms with Crippen LogP contribution in [0.4, 0.5) is 0 Å². The Morgan fingerprint density at radius 3 is 1.91 bits per heavy atom. The highest BCUT2D eigenvalue weighted by Gasteiger charge is 2.29. The second-order valence-electron chi connectivity index (χ2n) is 8.16. The Hall–Kier alpha value is -3.12. The predicted molar refractivity (Wildman–Crippen MR) is 136 cm³/mol. The van der Waals surface area contributed by atoms with Gasteiger partial charge in [-0.15, -0.1) is 0 Å². The first kappa shape index (κ1) is 26.9. The van der Waals surface area contributed by atoms with Gasteiger partial charge in [-0.05, 0) is 23.1 Å². The van der Waals surface area contributed by atoms with E-state index in [0.717, 1.165) is 28.0 Å². The van der Waals surface area contributed by atoms with E-state index >= 15 is 0 Å². The Morgan fingerprint density at radius 1 is 0.938 bits per heavy atom. The van der Waals surface area contributed by atoms with Crippen LogP contribution in [0.3, 0.4) is 0 Å². The molecule has 2 unspecified atom stereocenters. The maximum absolute atomic E-state index is 10.0. The topological polar surface area (TPSA) is 49.8 Å². The number of allylic oxidation sites excluding steroid dienone is 1. The second kappa shape index (κ2) is 13.3. The van der Waals surface area contributed by atoms with E-state index in [9.17, 15) is 5.26 Å². The summed E-state index contributed by atoms with van der Waals surface area (Å²) in [5.74, 6) is 0.555. The molecule has 2 aromatic carbocycles. The molecule has 0 aliphatic heterocycles. The van der Waals surface area contributed by atoms with Crippen LogP contribution in [0.1, 0.15) is 89.2 Å². The molecule has 0 spiro atoms. The minimum Gasteiger partial charge on any atom is -0.360 e. The average Bonchev–Trinajstić information content (AvgIpc) is 3.34. The fourth-order valence-electron chi connectivity index (χ4n) is 3.59. The molecule has 3 rings (SSSR count). The van der Waals surface area contributed by atoms with Gasteiger partial charge >= 0.3 is 0 Å². The summed E-state index contributed by atoms with van der Waals surface area (Å²) < 4.78 is 5.53. The second-order valence-corrected chi connectivity index (χ2v) is 8.16. The molecular weight excluding hydrogens is 392 g/mol. The Kier molecular flexibility index (Phi) is 11.2. The van der Waals surface area contributed by atoms with Gasteiger partial charge in [0.15, 0.2) is 0 Å². The zero-order valence-corrected chi connectivity index (χ0v) is 20.7. The molecule has 0 bridgehead atoms. The quantitative estimate of drug-likeness (QED) is 0.394. The van der Waals surface area contributed by atoms with E-state index in [2.05, 4.69) is 50.7 Å². The van der Waals surface area contributed by atoms with Crippen LogP contribution in [-0.2, 0) is 5.41 Å². The summed E-state index contributed by atoms with van der Waals surface area (Å²) in [4.78, 5) is 0. The van der Waals surface area contributed by atoms with Gasteiger partial charge in [0.1, 0.15) is 5.76 Å². The third kappa shape index (κ3) is 6.95. The minimum absolute atomic E-state index is 0.0104. The van der Waals surface area contributed by atoms with Crippen molar-refractivity contribution in [2.75, 3.05) is 0 Å². The van der Waals surface area contributed by atoms with E-state index in [1.54, 1.807) is 6.20 Å². The van der Waals surface area contributed by atoms with Gasteiger partial charge in [0.25, 0.3) is 0 Å². The van der Waals surface area contributed by atoms with Crippen molar-refractivity contribution in [3.63, 3.8) is 0 Å². The van der Waals surface area contributed by atoms with Crippen LogP contribution in [0.2, 0.25) is 0 Å². The van der Waals surface area contributed by atoms with Crippen molar-refractivity contribution in [3.05, 3.63) is 95.9 Å². The molecule has 170 valence electrons. The van der Waals surface area contributed by atoms with Crippen molar-refractivity contribution in [2.45, 2.75) is 72.1 Å². The standard InChI is InChI=1S/C25H26N2O.2C2H6/c1-18(23-17-27-28-24(23)25(2,3)4)15-21(19-11-7-5-8-12-19)22(16-26)20-13-9-6-10-14-20;2*1-2/h5-14,17,21-22H,1,15H2,2-4H3;2*1-2H3. The number of rotatable bonds is 6. The summed E-state index contributed by atoms with van der Waals surface area (Å²) in [6.07, 6.45) is 2.40. The van der Waals surface area contributed by atoms with Crippen LogP contribution in [0, 0.1) is 11.3 Å². The molecule has 0 radical (unpaired) electrons. The van der Waals surface area contributed by atoms with E-state index in [1.165, 1.54) is 0 Å². The molecule has 0 N–H and O–H groups in total. The van der Waals surface area contributed by atoms with Gasteiger partial charge in [-0.3, -0.25) is 0 Å². The van der Waals surface area contributed by atoms with Gasteiger partial charge in [0, 0.05) is 16.9 Å². The molecule has 2 atom stereocenters. The molecule has 0 aliphatic carbocycles. The summed E-state index contributed by atoms with van der Waals surface area (Å²) in [5, 5.41) is 14.0. The van der Waals surface area contributed by atoms with Gasteiger partial charge in [0.2, 0.25) is 0 Å². The van der Waals surface area contributed by atoms with Crippen molar-refractivity contribution in [1.29, 1.82) is 5.26 Å². The number of nitrogens with zero attached hydrogens (tertiary/aromatic N) is 2. The first-order chi connectivity index (χ1) is 15.4. The van der Waals surface area contributed by atoms with Crippen LogP contribution < -0.4 is 0 Å². The van der Waals surface area contributed by atoms with Crippen molar-refractivity contribution in [3.8, 4) is 6.07 Å². The highest BCUT2D eigenvalue weighted by molar-refractivity contribution is 5.66. The Bertz CT molecular complexity index is 960. The average molecular weight is 431 g/mol. The van der Waals surface area contributed by atoms with Crippen molar-refractivity contribution >= 4 is 5.57 Å². The normalized spacial score (nSPS) is 12.2. The van der Waals surface area contributed by atoms with E-state index in [1.807, 2.05) is 76.2 Å². The summed E-state index contributed by atoms with van der Waals surface area (Å²) >= 11 is 0. The maximum Gasteiger partial charge on any atom is 0.149 e. The lowest BCUT2D eigenvalue weighted by atomic mass is 9.77. The van der Waals surface area contributed by atoms with Crippen molar-refractivity contribution in [1.82, 2.24) is 5.16 Å². The van der Waals surface area contributed by atoms with Crippen LogP contribution in [-0.4, -0.2) is 5.16 Å². The third-order valence-electron chi connectivity index (χ3n) is 5.03. The summed E-state index contributed by atoms with van der Waals surface area (Å²) in [6.45, 7) is 18.6. The monoisotopic (exact) mass is 430 g/mol. The van der Waals surface area contributed by atoms with E-state index in [4.69, 9.17) is 4.52 Å². The molecule has 0 aliphatic rings. The molecule has 1 aromatic heterocycles. The molecule has 0 saturated carbocycles. The lowest BCUT2D eigenvalue weighted by Gasteiger charge is -2.25. The Morgan fingerprint density at radius 2 is 1.44 bits per heavy atom. The van der Waals surface area contributed by atoms with Gasteiger partial charge in [-0.1, -0.05) is 121 Å².